The average molecular weight is 901 g/mol. The summed E-state index contributed by atoms with van der Waals surface area (Å²) >= 11 is 0. The molecule has 3 aliphatic heterocycles. The van der Waals surface area contributed by atoms with Gasteiger partial charge in [-0.3, -0.25) is 34.3 Å². The number of aromatic nitrogens is 2. The lowest BCUT2D eigenvalue weighted by atomic mass is 9.86. The van der Waals surface area contributed by atoms with E-state index in [1.165, 1.54) is 43.5 Å². The number of anilines is 1. The molecule has 4 amide bonds. The molecule has 4 heterocycles. The molecule has 0 spiro atoms. The second kappa shape index (κ2) is 20.7. The van der Waals surface area contributed by atoms with E-state index in [2.05, 4.69) is 38.8 Å². The second-order valence-corrected chi connectivity index (χ2v) is 17.2. The van der Waals surface area contributed by atoms with Gasteiger partial charge in [0.25, 0.3) is 17.7 Å². The van der Waals surface area contributed by atoms with Gasteiger partial charge in [-0.1, -0.05) is 25.1 Å². The predicted molar refractivity (Wildman–Crippen MR) is 234 cm³/mol. The minimum atomic E-state index is -4.57. The summed E-state index contributed by atoms with van der Waals surface area (Å²) in [7, 11) is 0. The summed E-state index contributed by atoms with van der Waals surface area (Å²) in [6.45, 7) is 9.30. The predicted octanol–water partition coefficient (Wildman–Crippen LogP) is 7.54. The molecule has 2 saturated heterocycles. The number of piperidine rings is 2. The fourth-order valence-corrected chi connectivity index (χ4v) is 9.18. The Balaban J connectivity index is 0.751. The number of nitrogens with zero attached hydrogens (tertiary/aromatic N) is 4. The number of imidazole rings is 1. The van der Waals surface area contributed by atoms with Crippen LogP contribution in [0.25, 0.3) is 11.0 Å². The molecule has 2 N–H and O–H groups in total. The number of rotatable bonds is 18. The Kier molecular flexibility index (Phi) is 14.6. The van der Waals surface area contributed by atoms with Crippen molar-refractivity contribution in [3.63, 3.8) is 0 Å². The van der Waals surface area contributed by atoms with Crippen LogP contribution in [-0.2, 0) is 31.7 Å². The largest absolute Gasteiger partial charge is 0.491 e. The number of hydrogen-bond donors (Lipinski definition) is 2. The minimum Gasteiger partial charge on any atom is -0.491 e. The second-order valence-electron chi connectivity index (χ2n) is 17.2. The van der Waals surface area contributed by atoms with Gasteiger partial charge < -0.3 is 28.8 Å². The lowest BCUT2D eigenvalue weighted by Gasteiger charge is -2.30. The number of allylic oxidation sites excluding steroid dienone is 1. The van der Waals surface area contributed by atoms with Gasteiger partial charge in [-0.05, 0) is 124 Å². The summed E-state index contributed by atoms with van der Waals surface area (Å²) in [5.74, 6) is -1.01. The number of amides is 4. The number of imide groups is 1. The third-order valence-corrected chi connectivity index (χ3v) is 12.6. The van der Waals surface area contributed by atoms with Crippen molar-refractivity contribution in [1.82, 2.24) is 24.7 Å². The van der Waals surface area contributed by atoms with Gasteiger partial charge in [-0.25, -0.2) is 4.98 Å². The van der Waals surface area contributed by atoms with E-state index in [4.69, 9.17) is 23.9 Å². The third-order valence-electron chi connectivity index (χ3n) is 12.6. The molecule has 346 valence electrons. The number of carbonyl (C=O) groups is 4. The molecule has 65 heavy (non-hydrogen) atoms. The van der Waals surface area contributed by atoms with E-state index in [0.29, 0.717) is 69.2 Å². The number of ether oxygens (including phenoxy) is 4. The maximum Gasteiger partial charge on any atom is 0.416 e. The van der Waals surface area contributed by atoms with Gasteiger partial charge in [0.1, 0.15) is 18.4 Å². The summed E-state index contributed by atoms with van der Waals surface area (Å²) in [5.41, 5.74) is 2.78. The lowest BCUT2D eigenvalue weighted by Crippen LogP contribution is -2.51. The first kappa shape index (κ1) is 45.9. The van der Waals surface area contributed by atoms with Crippen molar-refractivity contribution in [2.75, 3.05) is 64.7 Å². The summed E-state index contributed by atoms with van der Waals surface area (Å²) < 4.78 is 65.5. The SMILES string of the molecule is C=C1CCC(N2C(=O)c3ccc(OCCOCCOCCOCC4CCC(n5c(NC(=O)c6cccc(C(F)(F)F)c6)nc6cc(CN7CCCCC7)ccc65)CC4)cc3C2=O)C(=O)N1. The quantitative estimate of drug-likeness (QED) is 0.0757. The topological polar surface area (TPSA) is 154 Å². The highest BCUT2D eigenvalue weighted by molar-refractivity contribution is 6.23. The van der Waals surface area contributed by atoms with Gasteiger partial charge in [0.2, 0.25) is 11.9 Å². The van der Waals surface area contributed by atoms with Crippen LogP contribution in [0, 0.1) is 5.92 Å². The van der Waals surface area contributed by atoms with Crippen LogP contribution in [-0.4, -0.2) is 108 Å². The fraction of sp³-hybridized carbons (Fsp3) is 0.479. The van der Waals surface area contributed by atoms with Gasteiger partial charge >= 0.3 is 6.18 Å². The summed E-state index contributed by atoms with van der Waals surface area (Å²) in [5, 5.41) is 5.48. The standard InChI is InChI=1S/C48H55F3N6O8/c1-31-8-16-42(44(59)52-31)57-45(60)38-15-14-37(28-39(38)46(57)61)65-25-24-63-21-20-62-22-23-64-30-32-9-12-36(13-10-32)56-41-17-11-33(29-55-18-3-2-4-19-55)26-40(41)53-47(56)54-43(58)34-6-5-7-35(27-34)48(49,50)51/h5-7,11,14-15,17,26-28,32,36,42H,1-4,8-10,12-13,16,18-25,29-30H2,(H,52,59)(H,53,54,58). The van der Waals surface area contributed by atoms with Gasteiger partial charge in [0.05, 0.1) is 60.8 Å². The number of carbonyl (C=O) groups excluding carboxylic acids is 4. The van der Waals surface area contributed by atoms with Crippen LogP contribution in [0.3, 0.4) is 0 Å². The van der Waals surface area contributed by atoms with E-state index < -0.39 is 41.4 Å². The monoisotopic (exact) mass is 900 g/mol. The highest BCUT2D eigenvalue weighted by Crippen LogP contribution is 2.38. The van der Waals surface area contributed by atoms with Crippen LogP contribution in [0.2, 0.25) is 0 Å². The normalized spacial score (nSPS) is 20.6. The smallest absolute Gasteiger partial charge is 0.416 e. The molecule has 14 nitrogen and oxygen atoms in total. The van der Waals surface area contributed by atoms with Crippen molar-refractivity contribution in [2.24, 2.45) is 5.92 Å². The molecule has 1 atom stereocenters. The summed E-state index contributed by atoms with van der Waals surface area (Å²) in [6, 6.07) is 14.5. The first-order valence-corrected chi connectivity index (χ1v) is 22.5. The Morgan fingerprint density at radius 3 is 2.28 bits per heavy atom. The molecule has 3 aromatic carbocycles. The number of hydrogen-bond acceptors (Lipinski definition) is 10. The van der Waals surface area contributed by atoms with Crippen molar-refractivity contribution < 1.29 is 51.3 Å². The van der Waals surface area contributed by atoms with Crippen molar-refractivity contribution >= 4 is 40.6 Å². The highest BCUT2D eigenvalue weighted by atomic mass is 19.4. The molecule has 1 aliphatic carbocycles. The van der Waals surface area contributed by atoms with E-state index >= 15 is 0 Å². The van der Waals surface area contributed by atoms with Crippen LogP contribution in [0.1, 0.15) is 106 Å². The summed E-state index contributed by atoms with van der Waals surface area (Å²) in [6.07, 6.45) is 3.28. The molecule has 3 fully saturated rings. The average Bonchev–Trinajstić information content (AvgIpc) is 3.77. The molecular formula is C48H55F3N6O8. The number of alkyl halides is 3. The van der Waals surface area contributed by atoms with Crippen molar-refractivity contribution in [3.05, 3.63) is 101 Å². The van der Waals surface area contributed by atoms with Crippen LogP contribution >= 0.6 is 0 Å². The van der Waals surface area contributed by atoms with E-state index in [1.807, 2.05) is 6.07 Å². The van der Waals surface area contributed by atoms with Gasteiger partial charge in [-0.15, -0.1) is 0 Å². The van der Waals surface area contributed by atoms with Gasteiger partial charge in [-0.2, -0.15) is 13.2 Å². The molecule has 0 bridgehead atoms. The van der Waals surface area contributed by atoms with Gasteiger partial charge in [0.15, 0.2) is 0 Å². The molecule has 1 saturated carbocycles. The van der Waals surface area contributed by atoms with Crippen molar-refractivity contribution in [2.45, 2.75) is 82.6 Å². The van der Waals surface area contributed by atoms with E-state index in [9.17, 15) is 32.3 Å². The van der Waals surface area contributed by atoms with Crippen LogP contribution in [0.5, 0.6) is 5.75 Å². The molecule has 8 rings (SSSR count). The number of likely N-dealkylation sites (tertiary alicyclic amines) is 1. The fourth-order valence-electron chi connectivity index (χ4n) is 9.18. The molecule has 4 aliphatic rings. The van der Waals surface area contributed by atoms with E-state index in [1.54, 1.807) is 6.07 Å². The van der Waals surface area contributed by atoms with Crippen LogP contribution < -0.4 is 15.4 Å². The maximum absolute atomic E-state index is 13.5. The Hall–Kier alpha value is -5.62. The molecule has 1 unspecified atom stereocenters. The first-order valence-electron chi connectivity index (χ1n) is 22.5. The Morgan fingerprint density at radius 2 is 1.54 bits per heavy atom. The summed E-state index contributed by atoms with van der Waals surface area (Å²) in [4.78, 5) is 60.3. The number of halogens is 3. The maximum atomic E-state index is 13.5. The van der Waals surface area contributed by atoms with E-state index in [-0.39, 0.29) is 35.9 Å². The zero-order valence-corrected chi connectivity index (χ0v) is 36.3. The zero-order valence-electron chi connectivity index (χ0n) is 36.3. The molecule has 1 aromatic heterocycles. The number of fused-ring (bicyclic) bond motifs is 2. The third kappa shape index (κ3) is 11.1. The van der Waals surface area contributed by atoms with Crippen LogP contribution in [0.4, 0.5) is 19.1 Å². The highest BCUT2D eigenvalue weighted by Gasteiger charge is 2.44. The molecular weight excluding hydrogens is 846 g/mol. The van der Waals surface area contributed by atoms with Crippen molar-refractivity contribution in [3.8, 4) is 5.75 Å². The minimum absolute atomic E-state index is 0.0303. The lowest BCUT2D eigenvalue weighted by molar-refractivity contribution is -0.137. The number of nitrogens with one attached hydrogen (secondary N) is 2. The Bertz CT molecular complexity index is 2390. The molecule has 0 radical (unpaired) electrons. The van der Waals surface area contributed by atoms with Crippen molar-refractivity contribution in [1.29, 1.82) is 0 Å². The molecule has 17 heteroatoms. The van der Waals surface area contributed by atoms with Gasteiger partial charge in [0, 0.05) is 30.5 Å². The zero-order chi connectivity index (χ0) is 45.5. The Labute approximate surface area is 375 Å². The first-order chi connectivity index (χ1) is 31.4. The Morgan fingerprint density at radius 1 is 0.815 bits per heavy atom. The number of benzene rings is 3. The van der Waals surface area contributed by atoms with E-state index in [0.717, 1.165) is 78.9 Å². The van der Waals surface area contributed by atoms with Crippen LogP contribution in [0.15, 0.2) is 72.9 Å². The molecule has 4 aromatic rings.